The molecule has 0 saturated heterocycles. The van der Waals surface area contributed by atoms with Gasteiger partial charge in [-0.3, -0.25) is 4.79 Å². The first-order valence-electron chi connectivity index (χ1n) is 6.83. The molecule has 0 amide bonds. The van der Waals surface area contributed by atoms with Crippen molar-refractivity contribution in [3.63, 3.8) is 0 Å². The molecule has 110 valence electrons. The summed E-state index contributed by atoms with van der Waals surface area (Å²) in [5, 5.41) is 10.4. The van der Waals surface area contributed by atoms with Crippen molar-refractivity contribution in [2.24, 2.45) is 11.8 Å². The Kier molecular flexibility index (Phi) is 5.26. The van der Waals surface area contributed by atoms with Crippen LogP contribution >= 0.6 is 11.6 Å². The van der Waals surface area contributed by atoms with Crippen LogP contribution in [0.25, 0.3) is 0 Å². The first-order chi connectivity index (χ1) is 9.60. The summed E-state index contributed by atoms with van der Waals surface area (Å²) in [4.78, 5) is 11.9. The Morgan fingerprint density at radius 3 is 2.70 bits per heavy atom. The molecule has 0 aliphatic heterocycles. The van der Waals surface area contributed by atoms with Gasteiger partial charge in [0.15, 0.2) is 0 Å². The van der Waals surface area contributed by atoms with E-state index in [1.165, 1.54) is 0 Å². The van der Waals surface area contributed by atoms with Crippen LogP contribution in [0.4, 0.5) is 0 Å². The molecule has 0 radical (unpaired) electrons. The maximum Gasteiger partial charge on any atom is 0.309 e. The molecule has 3 atom stereocenters. The Morgan fingerprint density at radius 2 is 2.05 bits per heavy atom. The second-order valence-electron chi connectivity index (χ2n) is 5.01. The van der Waals surface area contributed by atoms with Gasteiger partial charge in [0.05, 0.1) is 25.2 Å². The van der Waals surface area contributed by atoms with Gasteiger partial charge in [0.25, 0.3) is 0 Å². The molecule has 0 heterocycles. The lowest BCUT2D eigenvalue weighted by molar-refractivity contribution is -0.149. The van der Waals surface area contributed by atoms with E-state index in [0.29, 0.717) is 36.8 Å². The number of benzene rings is 1. The first kappa shape index (κ1) is 15.1. The van der Waals surface area contributed by atoms with Gasteiger partial charge in [0, 0.05) is 10.9 Å². The fourth-order valence-corrected chi connectivity index (χ4v) is 2.68. The lowest BCUT2D eigenvalue weighted by Gasteiger charge is -2.18. The van der Waals surface area contributed by atoms with Crippen molar-refractivity contribution in [3.8, 4) is 5.75 Å². The third kappa shape index (κ3) is 3.87. The largest absolute Gasteiger partial charge is 0.493 e. The smallest absolute Gasteiger partial charge is 0.309 e. The molecule has 1 aliphatic carbocycles. The van der Waals surface area contributed by atoms with Gasteiger partial charge < -0.3 is 14.6 Å². The highest BCUT2D eigenvalue weighted by atomic mass is 35.5. The van der Waals surface area contributed by atoms with E-state index in [4.69, 9.17) is 21.1 Å². The zero-order valence-electron chi connectivity index (χ0n) is 11.4. The number of esters is 1. The number of rotatable bonds is 5. The number of aliphatic hydroxyl groups is 1. The summed E-state index contributed by atoms with van der Waals surface area (Å²) in [5.74, 6) is 0.170. The topological polar surface area (TPSA) is 55.8 Å². The van der Waals surface area contributed by atoms with E-state index in [1.807, 2.05) is 0 Å². The van der Waals surface area contributed by atoms with Crippen molar-refractivity contribution in [1.82, 2.24) is 0 Å². The lowest BCUT2D eigenvalue weighted by atomic mass is 9.97. The molecule has 4 nitrogen and oxygen atoms in total. The lowest BCUT2D eigenvalue weighted by Crippen LogP contribution is -2.25. The standard InChI is InChI=1S/C15H19ClO4/c1-2-19-15(18)14-8-12(17)7-10(14)9-20-13-5-3-11(16)4-6-13/h3-6,10,12,14,17H,2,7-9H2,1H3. The van der Waals surface area contributed by atoms with E-state index >= 15 is 0 Å². The Hall–Kier alpha value is -1.26. The average Bonchev–Trinajstić information content (AvgIpc) is 2.80. The predicted octanol–water partition coefficient (Wildman–Crippen LogP) is 2.67. The number of carbonyl (C=O) groups is 1. The molecule has 1 saturated carbocycles. The highest BCUT2D eigenvalue weighted by Crippen LogP contribution is 2.33. The van der Waals surface area contributed by atoms with Gasteiger partial charge in [0.1, 0.15) is 5.75 Å². The van der Waals surface area contributed by atoms with Gasteiger partial charge in [-0.05, 0) is 44.0 Å². The molecule has 1 aliphatic rings. The third-order valence-electron chi connectivity index (χ3n) is 3.54. The van der Waals surface area contributed by atoms with Crippen molar-refractivity contribution in [2.45, 2.75) is 25.9 Å². The second kappa shape index (κ2) is 6.95. The molecule has 1 aromatic carbocycles. The fourth-order valence-electron chi connectivity index (χ4n) is 2.55. The fraction of sp³-hybridized carbons (Fsp3) is 0.533. The first-order valence-corrected chi connectivity index (χ1v) is 7.21. The average molecular weight is 299 g/mol. The Labute approximate surface area is 123 Å². The Balaban J connectivity index is 1.92. The quantitative estimate of drug-likeness (QED) is 0.849. The van der Waals surface area contributed by atoms with Crippen LogP contribution in [0.1, 0.15) is 19.8 Å². The molecule has 1 aromatic rings. The van der Waals surface area contributed by atoms with Crippen LogP contribution in [0.2, 0.25) is 5.02 Å². The zero-order chi connectivity index (χ0) is 14.5. The monoisotopic (exact) mass is 298 g/mol. The van der Waals surface area contributed by atoms with Gasteiger partial charge in [-0.2, -0.15) is 0 Å². The van der Waals surface area contributed by atoms with E-state index in [2.05, 4.69) is 0 Å². The molecule has 0 aromatic heterocycles. The zero-order valence-corrected chi connectivity index (χ0v) is 12.2. The summed E-state index contributed by atoms with van der Waals surface area (Å²) in [6.07, 6.45) is 0.563. The van der Waals surface area contributed by atoms with E-state index in [0.717, 1.165) is 0 Å². The van der Waals surface area contributed by atoms with E-state index in [-0.39, 0.29) is 17.8 Å². The van der Waals surface area contributed by atoms with Crippen molar-refractivity contribution >= 4 is 17.6 Å². The summed E-state index contributed by atoms with van der Waals surface area (Å²) >= 11 is 5.81. The molecule has 20 heavy (non-hydrogen) atoms. The van der Waals surface area contributed by atoms with Gasteiger partial charge in [-0.25, -0.2) is 0 Å². The maximum absolute atomic E-state index is 11.9. The highest BCUT2D eigenvalue weighted by molar-refractivity contribution is 6.30. The van der Waals surface area contributed by atoms with Crippen LogP contribution < -0.4 is 4.74 Å². The number of hydrogen-bond donors (Lipinski definition) is 1. The minimum Gasteiger partial charge on any atom is -0.493 e. The molecule has 5 heteroatoms. The van der Waals surface area contributed by atoms with E-state index in [1.54, 1.807) is 31.2 Å². The van der Waals surface area contributed by atoms with E-state index < -0.39 is 6.10 Å². The summed E-state index contributed by atoms with van der Waals surface area (Å²) in [5.41, 5.74) is 0. The van der Waals surface area contributed by atoms with Gasteiger partial charge in [-0.15, -0.1) is 0 Å². The molecule has 2 rings (SSSR count). The minimum atomic E-state index is -0.455. The normalized spacial score (nSPS) is 25.4. The Morgan fingerprint density at radius 1 is 1.35 bits per heavy atom. The minimum absolute atomic E-state index is 0.0141. The number of hydrogen-bond acceptors (Lipinski definition) is 4. The molecule has 3 unspecified atom stereocenters. The summed E-state index contributed by atoms with van der Waals surface area (Å²) in [6.45, 7) is 2.53. The van der Waals surface area contributed by atoms with Gasteiger partial charge in [0.2, 0.25) is 0 Å². The molecule has 1 fully saturated rings. The Bertz CT molecular complexity index is 446. The van der Waals surface area contributed by atoms with Crippen molar-refractivity contribution < 1.29 is 19.4 Å². The van der Waals surface area contributed by atoms with Crippen LogP contribution in [-0.4, -0.2) is 30.4 Å². The van der Waals surface area contributed by atoms with Crippen LogP contribution in [-0.2, 0) is 9.53 Å². The van der Waals surface area contributed by atoms with Crippen LogP contribution in [0, 0.1) is 11.8 Å². The predicted molar refractivity (Wildman–Crippen MR) is 75.8 cm³/mol. The van der Waals surface area contributed by atoms with Crippen molar-refractivity contribution in [2.75, 3.05) is 13.2 Å². The van der Waals surface area contributed by atoms with Crippen molar-refractivity contribution in [3.05, 3.63) is 29.3 Å². The maximum atomic E-state index is 11.9. The molecular weight excluding hydrogens is 280 g/mol. The van der Waals surface area contributed by atoms with Gasteiger partial charge >= 0.3 is 5.97 Å². The highest BCUT2D eigenvalue weighted by Gasteiger charge is 2.39. The van der Waals surface area contributed by atoms with Crippen LogP contribution in [0.3, 0.4) is 0 Å². The van der Waals surface area contributed by atoms with Crippen molar-refractivity contribution in [1.29, 1.82) is 0 Å². The number of halogens is 1. The molecule has 1 N–H and O–H groups in total. The number of carbonyl (C=O) groups excluding carboxylic acids is 1. The third-order valence-corrected chi connectivity index (χ3v) is 3.79. The summed E-state index contributed by atoms with van der Waals surface area (Å²) < 4.78 is 10.7. The summed E-state index contributed by atoms with van der Waals surface area (Å²) in [6, 6.07) is 7.08. The van der Waals surface area contributed by atoms with Gasteiger partial charge in [-0.1, -0.05) is 11.6 Å². The number of aliphatic hydroxyl groups excluding tert-OH is 1. The molecular formula is C15H19ClO4. The van der Waals surface area contributed by atoms with Crippen LogP contribution in [0.15, 0.2) is 24.3 Å². The van der Waals surface area contributed by atoms with Crippen LogP contribution in [0.5, 0.6) is 5.75 Å². The SMILES string of the molecule is CCOC(=O)C1CC(O)CC1COc1ccc(Cl)cc1. The summed E-state index contributed by atoms with van der Waals surface area (Å²) in [7, 11) is 0. The molecule has 0 bridgehead atoms. The second-order valence-corrected chi connectivity index (χ2v) is 5.45. The number of ether oxygens (including phenoxy) is 2. The van der Waals surface area contributed by atoms with E-state index in [9.17, 15) is 9.90 Å². The molecule has 0 spiro atoms.